The van der Waals surface area contributed by atoms with Crippen molar-refractivity contribution in [1.82, 2.24) is 10.2 Å². The van der Waals surface area contributed by atoms with Gasteiger partial charge in [-0.2, -0.15) is 0 Å². The van der Waals surface area contributed by atoms with Crippen LogP contribution in [0.3, 0.4) is 0 Å². The first-order valence-electron chi connectivity index (χ1n) is 7.63. The Morgan fingerprint density at radius 2 is 2.05 bits per heavy atom. The zero-order chi connectivity index (χ0) is 14.4. The average Bonchev–Trinajstić information content (AvgIpc) is 2.44. The van der Waals surface area contributed by atoms with Gasteiger partial charge in [-0.15, -0.1) is 0 Å². The molecule has 1 aliphatic rings. The summed E-state index contributed by atoms with van der Waals surface area (Å²) < 4.78 is 5.18. The summed E-state index contributed by atoms with van der Waals surface area (Å²) in [5.41, 5.74) is 1.66. The summed E-state index contributed by atoms with van der Waals surface area (Å²) in [6.07, 6.45) is 2.22. The Morgan fingerprint density at radius 3 is 2.75 bits per heavy atom. The van der Waals surface area contributed by atoms with Crippen LogP contribution in [0.2, 0.25) is 0 Å². The molecule has 0 aliphatic carbocycles. The minimum absolute atomic E-state index is 0.237. The van der Waals surface area contributed by atoms with Gasteiger partial charge in [0.15, 0.2) is 0 Å². The number of ether oxygens (including phenoxy) is 1. The molecule has 1 atom stereocenters. The van der Waals surface area contributed by atoms with Gasteiger partial charge in [-0.05, 0) is 32.3 Å². The summed E-state index contributed by atoms with van der Waals surface area (Å²) in [5.74, 6) is 0. The summed E-state index contributed by atoms with van der Waals surface area (Å²) in [5, 5.41) is 3.71. The minimum atomic E-state index is 0.237. The van der Waals surface area contributed by atoms with Crippen molar-refractivity contribution < 1.29 is 4.74 Å². The van der Waals surface area contributed by atoms with Crippen molar-refractivity contribution >= 4 is 0 Å². The predicted octanol–water partition coefficient (Wildman–Crippen LogP) is 2.32. The van der Waals surface area contributed by atoms with E-state index in [1.54, 1.807) is 7.11 Å². The zero-order valence-electron chi connectivity index (χ0n) is 13.1. The SMILES string of the molecule is COCCCN1CC(Cc2ccccc2)NCC1(C)C. The standard InChI is InChI=1S/C17H28N2O/c1-17(2)14-18-16(12-15-8-5-4-6-9-15)13-19(17)10-7-11-20-3/h4-6,8-9,16,18H,7,10-14H2,1-3H3. The van der Waals surface area contributed by atoms with Crippen molar-refractivity contribution in [2.24, 2.45) is 0 Å². The Hall–Kier alpha value is -0.900. The van der Waals surface area contributed by atoms with Gasteiger partial charge in [-0.3, -0.25) is 4.90 Å². The van der Waals surface area contributed by atoms with Gasteiger partial charge in [-0.1, -0.05) is 30.3 Å². The molecule has 0 bridgehead atoms. The number of benzene rings is 1. The fourth-order valence-electron chi connectivity index (χ4n) is 2.91. The fraction of sp³-hybridized carbons (Fsp3) is 0.647. The van der Waals surface area contributed by atoms with Crippen LogP contribution in [0.5, 0.6) is 0 Å². The van der Waals surface area contributed by atoms with Crippen LogP contribution in [0.25, 0.3) is 0 Å². The Bertz CT molecular complexity index is 391. The molecule has 0 radical (unpaired) electrons. The van der Waals surface area contributed by atoms with Crippen LogP contribution in [0.15, 0.2) is 30.3 Å². The monoisotopic (exact) mass is 276 g/mol. The topological polar surface area (TPSA) is 24.5 Å². The lowest BCUT2D eigenvalue weighted by Gasteiger charge is -2.46. The highest BCUT2D eigenvalue weighted by molar-refractivity contribution is 5.16. The first-order chi connectivity index (χ1) is 9.62. The van der Waals surface area contributed by atoms with E-state index in [9.17, 15) is 0 Å². The van der Waals surface area contributed by atoms with E-state index in [0.29, 0.717) is 6.04 Å². The van der Waals surface area contributed by atoms with Gasteiger partial charge in [0.05, 0.1) is 0 Å². The molecule has 1 aromatic carbocycles. The molecule has 3 nitrogen and oxygen atoms in total. The van der Waals surface area contributed by atoms with Crippen LogP contribution < -0.4 is 5.32 Å². The third kappa shape index (κ3) is 4.30. The van der Waals surface area contributed by atoms with E-state index in [4.69, 9.17) is 4.74 Å². The Balaban J connectivity index is 1.90. The predicted molar refractivity (Wildman–Crippen MR) is 84.1 cm³/mol. The second-order valence-electron chi connectivity index (χ2n) is 6.37. The van der Waals surface area contributed by atoms with Crippen molar-refractivity contribution in [2.75, 3.05) is 33.4 Å². The molecule has 3 heteroatoms. The first kappa shape index (κ1) is 15.5. The number of nitrogens with one attached hydrogen (secondary N) is 1. The van der Waals surface area contributed by atoms with Gasteiger partial charge >= 0.3 is 0 Å². The maximum absolute atomic E-state index is 5.18. The van der Waals surface area contributed by atoms with E-state index in [1.807, 2.05) is 0 Å². The summed E-state index contributed by atoms with van der Waals surface area (Å²) in [6, 6.07) is 11.3. The van der Waals surface area contributed by atoms with E-state index in [1.165, 1.54) is 5.56 Å². The van der Waals surface area contributed by atoms with E-state index in [-0.39, 0.29) is 5.54 Å². The highest BCUT2D eigenvalue weighted by atomic mass is 16.5. The van der Waals surface area contributed by atoms with Crippen LogP contribution >= 0.6 is 0 Å². The number of rotatable bonds is 6. The molecule has 0 aromatic heterocycles. The molecule has 2 rings (SSSR count). The lowest BCUT2D eigenvalue weighted by atomic mass is 9.94. The molecule has 1 unspecified atom stereocenters. The van der Waals surface area contributed by atoms with Crippen molar-refractivity contribution in [2.45, 2.75) is 38.3 Å². The Labute approximate surface area is 123 Å². The van der Waals surface area contributed by atoms with E-state index < -0.39 is 0 Å². The normalized spacial score (nSPS) is 22.9. The van der Waals surface area contributed by atoms with Gasteiger partial charge in [0.1, 0.15) is 0 Å². The van der Waals surface area contributed by atoms with Crippen LogP contribution in [-0.4, -0.2) is 49.8 Å². The smallest absolute Gasteiger partial charge is 0.0474 e. The molecule has 0 saturated carbocycles. The lowest BCUT2D eigenvalue weighted by Crippen LogP contribution is -2.62. The number of hydrogen-bond donors (Lipinski definition) is 1. The summed E-state index contributed by atoms with van der Waals surface area (Å²) in [6.45, 7) is 8.79. The van der Waals surface area contributed by atoms with Gasteiger partial charge in [-0.25, -0.2) is 0 Å². The molecule has 0 amide bonds. The second-order valence-corrected chi connectivity index (χ2v) is 6.37. The second kappa shape index (κ2) is 7.21. The zero-order valence-corrected chi connectivity index (χ0v) is 13.1. The largest absolute Gasteiger partial charge is 0.385 e. The van der Waals surface area contributed by atoms with Crippen molar-refractivity contribution in [1.29, 1.82) is 0 Å². The van der Waals surface area contributed by atoms with Crippen molar-refractivity contribution in [3.63, 3.8) is 0 Å². The number of methoxy groups -OCH3 is 1. The lowest BCUT2D eigenvalue weighted by molar-refractivity contribution is 0.0564. The maximum atomic E-state index is 5.18. The summed E-state index contributed by atoms with van der Waals surface area (Å²) in [7, 11) is 1.78. The molecule has 1 fully saturated rings. The molecule has 1 N–H and O–H groups in total. The van der Waals surface area contributed by atoms with Gasteiger partial charge in [0, 0.05) is 44.9 Å². The molecule has 0 spiro atoms. The molecule has 1 aromatic rings. The number of nitrogens with zero attached hydrogens (tertiary/aromatic N) is 1. The highest BCUT2D eigenvalue weighted by Gasteiger charge is 2.33. The quantitative estimate of drug-likeness (QED) is 0.807. The van der Waals surface area contributed by atoms with Gasteiger partial charge < -0.3 is 10.1 Å². The van der Waals surface area contributed by atoms with Gasteiger partial charge in [0.2, 0.25) is 0 Å². The molecule has 112 valence electrons. The molecule has 1 saturated heterocycles. The Kier molecular flexibility index (Phi) is 5.58. The number of hydrogen-bond acceptors (Lipinski definition) is 3. The average molecular weight is 276 g/mol. The fourth-order valence-corrected chi connectivity index (χ4v) is 2.91. The van der Waals surface area contributed by atoms with Crippen LogP contribution in [0.1, 0.15) is 25.8 Å². The van der Waals surface area contributed by atoms with E-state index in [2.05, 4.69) is 54.4 Å². The molecule has 1 heterocycles. The molecular formula is C17H28N2O. The van der Waals surface area contributed by atoms with Crippen molar-refractivity contribution in [3.05, 3.63) is 35.9 Å². The van der Waals surface area contributed by atoms with E-state index in [0.717, 1.165) is 39.1 Å². The minimum Gasteiger partial charge on any atom is -0.385 e. The molecular weight excluding hydrogens is 248 g/mol. The highest BCUT2D eigenvalue weighted by Crippen LogP contribution is 2.20. The summed E-state index contributed by atoms with van der Waals surface area (Å²) >= 11 is 0. The van der Waals surface area contributed by atoms with E-state index >= 15 is 0 Å². The molecule has 20 heavy (non-hydrogen) atoms. The van der Waals surface area contributed by atoms with Crippen LogP contribution in [0.4, 0.5) is 0 Å². The van der Waals surface area contributed by atoms with Gasteiger partial charge in [0.25, 0.3) is 0 Å². The third-order valence-electron chi connectivity index (χ3n) is 4.22. The first-order valence-corrected chi connectivity index (χ1v) is 7.63. The molecule has 1 aliphatic heterocycles. The summed E-state index contributed by atoms with van der Waals surface area (Å²) in [4.78, 5) is 2.61. The number of piperazine rings is 1. The maximum Gasteiger partial charge on any atom is 0.0474 e. The third-order valence-corrected chi connectivity index (χ3v) is 4.22. The van der Waals surface area contributed by atoms with Crippen LogP contribution in [-0.2, 0) is 11.2 Å². The van der Waals surface area contributed by atoms with Crippen LogP contribution in [0, 0.1) is 0 Å². The Morgan fingerprint density at radius 1 is 1.30 bits per heavy atom. The van der Waals surface area contributed by atoms with Crippen molar-refractivity contribution in [3.8, 4) is 0 Å².